The molecule has 5 heteroatoms. The van der Waals surface area contributed by atoms with Crippen molar-refractivity contribution < 1.29 is 14.3 Å². The largest absolute Gasteiger partial charge is 0.497 e. The highest BCUT2D eigenvalue weighted by Gasteiger charge is 2.25. The van der Waals surface area contributed by atoms with Crippen LogP contribution in [0.4, 0.5) is 0 Å². The first-order chi connectivity index (χ1) is 13.0. The summed E-state index contributed by atoms with van der Waals surface area (Å²) in [6, 6.07) is 16.6. The third-order valence-electron chi connectivity index (χ3n) is 4.43. The Morgan fingerprint density at radius 3 is 2.30 bits per heavy atom. The van der Waals surface area contributed by atoms with Crippen LogP contribution in [0, 0.1) is 0 Å². The molecular formula is C22H28N2O3. The molecule has 1 atom stereocenters. The molecule has 0 saturated heterocycles. The van der Waals surface area contributed by atoms with Gasteiger partial charge in [-0.2, -0.15) is 0 Å². The molecule has 2 aromatic carbocycles. The fraction of sp³-hybridized carbons (Fsp3) is 0.364. The number of nitrogens with one attached hydrogen (secondary N) is 1. The number of rotatable bonds is 9. The highest BCUT2D eigenvalue weighted by Crippen LogP contribution is 2.16. The Hall–Kier alpha value is -2.82. The molecule has 0 spiro atoms. The first-order valence-corrected chi connectivity index (χ1v) is 9.29. The lowest BCUT2D eigenvalue weighted by molar-refractivity contribution is -0.140. The Morgan fingerprint density at radius 1 is 1.04 bits per heavy atom. The average Bonchev–Trinajstić information content (AvgIpc) is 2.70. The lowest BCUT2D eigenvalue weighted by Gasteiger charge is -2.29. The minimum atomic E-state index is -0.546. The van der Waals surface area contributed by atoms with Crippen LogP contribution < -0.4 is 10.1 Å². The molecule has 2 rings (SSSR count). The second-order valence-corrected chi connectivity index (χ2v) is 6.50. The summed E-state index contributed by atoms with van der Waals surface area (Å²) in [5.74, 6) is 0.553. The maximum Gasteiger partial charge on any atom is 0.242 e. The molecule has 2 aromatic rings. The Morgan fingerprint density at radius 2 is 1.70 bits per heavy atom. The maximum atomic E-state index is 13.0. The van der Waals surface area contributed by atoms with Crippen molar-refractivity contribution in [3.8, 4) is 5.75 Å². The number of carbonyl (C=O) groups excluding carboxylic acids is 2. The zero-order valence-corrected chi connectivity index (χ0v) is 16.3. The van der Waals surface area contributed by atoms with E-state index in [1.807, 2.05) is 61.5 Å². The van der Waals surface area contributed by atoms with Crippen LogP contribution in [0.1, 0.15) is 31.4 Å². The molecule has 0 aliphatic heterocycles. The Balaban J connectivity index is 2.17. The van der Waals surface area contributed by atoms with Gasteiger partial charge in [0.2, 0.25) is 11.8 Å². The molecule has 5 nitrogen and oxygen atoms in total. The molecule has 0 heterocycles. The third kappa shape index (κ3) is 6.13. The van der Waals surface area contributed by atoms with Gasteiger partial charge in [0, 0.05) is 13.1 Å². The van der Waals surface area contributed by atoms with Crippen molar-refractivity contribution in [2.45, 2.75) is 39.3 Å². The van der Waals surface area contributed by atoms with Crippen molar-refractivity contribution >= 4 is 11.8 Å². The molecule has 0 aliphatic carbocycles. The molecule has 0 unspecified atom stereocenters. The molecule has 27 heavy (non-hydrogen) atoms. The third-order valence-corrected chi connectivity index (χ3v) is 4.43. The van der Waals surface area contributed by atoms with E-state index in [-0.39, 0.29) is 18.2 Å². The quantitative estimate of drug-likeness (QED) is 0.740. The predicted molar refractivity (Wildman–Crippen MR) is 106 cm³/mol. The summed E-state index contributed by atoms with van der Waals surface area (Å²) in [7, 11) is 1.62. The van der Waals surface area contributed by atoms with Gasteiger partial charge in [0.15, 0.2) is 0 Å². The van der Waals surface area contributed by atoms with E-state index in [1.54, 1.807) is 18.9 Å². The van der Waals surface area contributed by atoms with Crippen molar-refractivity contribution in [2.24, 2.45) is 0 Å². The van der Waals surface area contributed by atoms with E-state index in [2.05, 4.69) is 5.32 Å². The molecule has 144 valence electrons. The zero-order valence-electron chi connectivity index (χ0n) is 16.3. The lowest BCUT2D eigenvalue weighted by atomic mass is 10.1. The van der Waals surface area contributed by atoms with Crippen LogP contribution in [-0.4, -0.2) is 36.4 Å². The average molecular weight is 368 g/mol. The fourth-order valence-corrected chi connectivity index (χ4v) is 2.78. The molecular weight excluding hydrogens is 340 g/mol. The number of ether oxygens (including phenoxy) is 1. The smallest absolute Gasteiger partial charge is 0.242 e. The van der Waals surface area contributed by atoms with E-state index in [9.17, 15) is 9.59 Å². The van der Waals surface area contributed by atoms with Gasteiger partial charge in [-0.1, -0.05) is 49.4 Å². The van der Waals surface area contributed by atoms with Crippen molar-refractivity contribution in [2.75, 3.05) is 13.7 Å². The van der Waals surface area contributed by atoms with E-state index < -0.39 is 6.04 Å². The van der Waals surface area contributed by atoms with Gasteiger partial charge in [-0.15, -0.1) is 0 Å². The monoisotopic (exact) mass is 368 g/mol. The highest BCUT2D eigenvalue weighted by molar-refractivity contribution is 5.88. The summed E-state index contributed by atoms with van der Waals surface area (Å²) in [5, 5.41) is 2.88. The minimum absolute atomic E-state index is 0.0730. The maximum absolute atomic E-state index is 13.0. The van der Waals surface area contributed by atoms with Gasteiger partial charge in [0.25, 0.3) is 0 Å². The summed E-state index contributed by atoms with van der Waals surface area (Å²) in [6.45, 7) is 4.75. The van der Waals surface area contributed by atoms with Gasteiger partial charge in [-0.25, -0.2) is 0 Å². The SMILES string of the molecule is CCCNC(=O)[C@@H](C)N(Cc1ccc(OC)cc1)C(=O)Cc1ccccc1. The van der Waals surface area contributed by atoms with Gasteiger partial charge in [-0.3, -0.25) is 9.59 Å². The fourth-order valence-electron chi connectivity index (χ4n) is 2.78. The van der Waals surface area contributed by atoms with E-state index in [1.165, 1.54) is 0 Å². The number of carbonyl (C=O) groups is 2. The van der Waals surface area contributed by atoms with Crippen molar-refractivity contribution in [1.82, 2.24) is 10.2 Å². The normalized spacial score (nSPS) is 11.5. The molecule has 0 aliphatic rings. The molecule has 0 fully saturated rings. The van der Waals surface area contributed by atoms with Crippen LogP contribution in [0.25, 0.3) is 0 Å². The lowest BCUT2D eigenvalue weighted by Crippen LogP contribution is -2.48. The van der Waals surface area contributed by atoms with Crippen molar-refractivity contribution in [1.29, 1.82) is 0 Å². The van der Waals surface area contributed by atoms with E-state index in [0.717, 1.165) is 23.3 Å². The second-order valence-electron chi connectivity index (χ2n) is 6.50. The van der Waals surface area contributed by atoms with Gasteiger partial charge in [0.1, 0.15) is 11.8 Å². The van der Waals surface area contributed by atoms with E-state index >= 15 is 0 Å². The van der Waals surface area contributed by atoms with Crippen LogP contribution in [0.5, 0.6) is 5.75 Å². The van der Waals surface area contributed by atoms with Crippen LogP contribution in [0.2, 0.25) is 0 Å². The first kappa shape index (κ1) is 20.5. The van der Waals surface area contributed by atoms with Gasteiger partial charge < -0.3 is 15.0 Å². The predicted octanol–water partition coefficient (Wildman–Crippen LogP) is 3.18. The second kappa shape index (κ2) is 10.4. The number of hydrogen-bond donors (Lipinski definition) is 1. The van der Waals surface area contributed by atoms with Crippen molar-refractivity contribution in [3.63, 3.8) is 0 Å². The zero-order chi connectivity index (χ0) is 19.6. The van der Waals surface area contributed by atoms with Gasteiger partial charge in [0.05, 0.1) is 13.5 Å². The van der Waals surface area contributed by atoms with Gasteiger partial charge in [-0.05, 0) is 36.6 Å². The van der Waals surface area contributed by atoms with Crippen LogP contribution in [0.3, 0.4) is 0 Å². The van der Waals surface area contributed by atoms with Gasteiger partial charge >= 0.3 is 0 Å². The first-order valence-electron chi connectivity index (χ1n) is 9.29. The van der Waals surface area contributed by atoms with E-state index in [4.69, 9.17) is 4.74 Å². The summed E-state index contributed by atoms with van der Waals surface area (Å²) < 4.78 is 5.19. The Bertz CT molecular complexity index is 729. The van der Waals surface area contributed by atoms with E-state index in [0.29, 0.717) is 13.1 Å². The molecule has 0 aromatic heterocycles. The van der Waals surface area contributed by atoms with Crippen molar-refractivity contribution in [3.05, 3.63) is 65.7 Å². The number of benzene rings is 2. The Labute approximate surface area is 161 Å². The summed E-state index contributed by atoms with van der Waals surface area (Å²) >= 11 is 0. The summed E-state index contributed by atoms with van der Waals surface area (Å²) in [6.07, 6.45) is 1.12. The molecule has 0 radical (unpaired) electrons. The molecule has 1 N–H and O–H groups in total. The van der Waals surface area contributed by atoms with Crippen LogP contribution in [-0.2, 0) is 22.6 Å². The topological polar surface area (TPSA) is 58.6 Å². The van der Waals surface area contributed by atoms with Crippen LogP contribution >= 0.6 is 0 Å². The minimum Gasteiger partial charge on any atom is -0.497 e. The standard InChI is InChI=1S/C22H28N2O3/c1-4-14-23-22(26)17(2)24(16-19-10-12-20(27-3)13-11-19)21(25)15-18-8-6-5-7-9-18/h5-13,17H,4,14-16H2,1-3H3,(H,23,26)/t17-/m1/s1. The number of amides is 2. The molecule has 0 saturated carbocycles. The van der Waals surface area contributed by atoms with Crippen LogP contribution in [0.15, 0.2) is 54.6 Å². The summed E-state index contributed by atoms with van der Waals surface area (Å²) in [5.41, 5.74) is 1.88. The molecule has 0 bridgehead atoms. The number of methoxy groups -OCH3 is 1. The number of hydrogen-bond acceptors (Lipinski definition) is 3. The number of nitrogens with zero attached hydrogens (tertiary/aromatic N) is 1. The Kier molecular flexibility index (Phi) is 7.86. The summed E-state index contributed by atoms with van der Waals surface area (Å²) in [4.78, 5) is 27.1. The highest BCUT2D eigenvalue weighted by atomic mass is 16.5. The molecule has 2 amide bonds.